The summed E-state index contributed by atoms with van der Waals surface area (Å²) >= 11 is 0. The molecule has 0 bridgehead atoms. The van der Waals surface area contributed by atoms with Crippen LogP contribution in [0.3, 0.4) is 0 Å². The zero-order valence-corrected chi connectivity index (χ0v) is 9.10. The highest BCUT2D eigenvalue weighted by molar-refractivity contribution is 5.49. The predicted octanol–water partition coefficient (Wildman–Crippen LogP) is 1.47. The Balaban J connectivity index is 1.89. The summed E-state index contributed by atoms with van der Waals surface area (Å²) < 4.78 is 5.18. The molecule has 5 nitrogen and oxygen atoms in total. The molecule has 84 valence electrons. The number of aromatic amines is 1. The van der Waals surface area contributed by atoms with Crippen molar-refractivity contribution >= 4 is 5.82 Å². The lowest BCUT2D eigenvalue weighted by Gasteiger charge is -2.08. The summed E-state index contributed by atoms with van der Waals surface area (Å²) in [5.41, 5.74) is 0. The lowest BCUT2D eigenvalue weighted by atomic mass is 10.3. The van der Waals surface area contributed by atoms with Crippen molar-refractivity contribution in [2.75, 3.05) is 19.0 Å². The second-order valence-electron chi connectivity index (χ2n) is 3.27. The van der Waals surface area contributed by atoms with E-state index in [1.54, 1.807) is 19.5 Å². The van der Waals surface area contributed by atoms with Crippen LogP contribution in [-0.2, 0) is 6.42 Å². The zero-order valence-electron chi connectivity index (χ0n) is 9.10. The van der Waals surface area contributed by atoms with Gasteiger partial charge in [0.15, 0.2) is 11.6 Å². The van der Waals surface area contributed by atoms with Gasteiger partial charge in [-0.05, 0) is 12.1 Å². The number of anilines is 1. The van der Waals surface area contributed by atoms with Crippen molar-refractivity contribution in [1.29, 1.82) is 0 Å². The van der Waals surface area contributed by atoms with E-state index in [0.29, 0.717) is 0 Å². The Kier molecular flexibility index (Phi) is 3.38. The monoisotopic (exact) mass is 218 g/mol. The number of methoxy groups -OCH3 is 1. The zero-order chi connectivity index (χ0) is 11.2. The maximum Gasteiger partial charge on any atom is 0.168 e. The molecule has 2 aromatic rings. The number of H-pyrrole nitrogens is 1. The minimum atomic E-state index is 0.752. The third-order valence-electron chi connectivity index (χ3n) is 2.20. The van der Waals surface area contributed by atoms with E-state index in [2.05, 4.69) is 20.3 Å². The molecule has 2 aromatic heterocycles. The van der Waals surface area contributed by atoms with Gasteiger partial charge >= 0.3 is 0 Å². The average molecular weight is 218 g/mol. The summed E-state index contributed by atoms with van der Waals surface area (Å²) in [7, 11) is 1.63. The molecule has 0 saturated carbocycles. The van der Waals surface area contributed by atoms with E-state index < -0.39 is 0 Å². The van der Waals surface area contributed by atoms with Gasteiger partial charge in [-0.2, -0.15) is 0 Å². The fourth-order valence-electron chi connectivity index (χ4n) is 1.42. The van der Waals surface area contributed by atoms with Gasteiger partial charge in [-0.1, -0.05) is 0 Å². The molecular formula is C11H14N4O. The van der Waals surface area contributed by atoms with Crippen LogP contribution >= 0.6 is 0 Å². The van der Waals surface area contributed by atoms with E-state index >= 15 is 0 Å². The highest BCUT2D eigenvalue weighted by Gasteiger charge is 2.02. The van der Waals surface area contributed by atoms with Gasteiger partial charge in [0.2, 0.25) is 0 Å². The highest BCUT2D eigenvalue weighted by atomic mass is 16.5. The van der Waals surface area contributed by atoms with Crippen molar-refractivity contribution in [1.82, 2.24) is 15.0 Å². The van der Waals surface area contributed by atoms with Crippen LogP contribution in [0.25, 0.3) is 0 Å². The van der Waals surface area contributed by atoms with Gasteiger partial charge in [0.05, 0.1) is 7.11 Å². The molecule has 0 amide bonds. The van der Waals surface area contributed by atoms with Crippen LogP contribution in [0.4, 0.5) is 5.82 Å². The first-order valence-electron chi connectivity index (χ1n) is 5.11. The molecule has 2 N–H and O–H groups in total. The molecule has 0 aliphatic rings. The number of nitrogens with one attached hydrogen (secondary N) is 2. The standard InChI is InChI=1S/C11H14N4O/c1-16-9-3-2-5-14-11(9)15-6-4-10-12-7-8-13-10/h2-3,5,7-8H,4,6H2,1H3,(H,12,13)(H,14,15). The van der Waals surface area contributed by atoms with Crippen molar-refractivity contribution in [2.24, 2.45) is 0 Å². The third kappa shape index (κ3) is 2.50. The fraction of sp³-hybridized carbons (Fsp3) is 0.273. The van der Waals surface area contributed by atoms with Crippen LogP contribution in [0.2, 0.25) is 0 Å². The molecule has 0 atom stereocenters. The number of nitrogens with zero attached hydrogens (tertiary/aromatic N) is 2. The van der Waals surface area contributed by atoms with Crippen LogP contribution in [0.5, 0.6) is 5.75 Å². The Labute approximate surface area is 93.9 Å². The van der Waals surface area contributed by atoms with Gasteiger partial charge in [0.1, 0.15) is 5.82 Å². The Morgan fingerprint density at radius 2 is 2.31 bits per heavy atom. The number of hydrogen-bond acceptors (Lipinski definition) is 4. The van der Waals surface area contributed by atoms with E-state index in [0.717, 1.165) is 30.4 Å². The van der Waals surface area contributed by atoms with Crippen molar-refractivity contribution in [3.05, 3.63) is 36.5 Å². The maximum atomic E-state index is 5.18. The topological polar surface area (TPSA) is 62.8 Å². The Morgan fingerprint density at radius 3 is 3.06 bits per heavy atom. The molecule has 0 aliphatic carbocycles. The summed E-state index contributed by atoms with van der Waals surface area (Å²) in [4.78, 5) is 11.4. The number of rotatable bonds is 5. The summed E-state index contributed by atoms with van der Waals surface area (Å²) in [6.45, 7) is 0.765. The van der Waals surface area contributed by atoms with Gasteiger partial charge in [-0.15, -0.1) is 0 Å². The third-order valence-corrected chi connectivity index (χ3v) is 2.20. The minimum Gasteiger partial charge on any atom is -0.493 e. The quantitative estimate of drug-likeness (QED) is 0.797. The number of aromatic nitrogens is 3. The van der Waals surface area contributed by atoms with E-state index in [1.165, 1.54) is 0 Å². The summed E-state index contributed by atoms with van der Waals surface area (Å²) in [6.07, 6.45) is 6.12. The Morgan fingerprint density at radius 1 is 1.38 bits per heavy atom. The minimum absolute atomic E-state index is 0.752. The molecule has 0 spiro atoms. The number of hydrogen-bond donors (Lipinski definition) is 2. The van der Waals surface area contributed by atoms with Crippen LogP contribution in [0.15, 0.2) is 30.7 Å². The van der Waals surface area contributed by atoms with Gasteiger partial charge in [-0.25, -0.2) is 9.97 Å². The van der Waals surface area contributed by atoms with Gasteiger partial charge in [0.25, 0.3) is 0 Å². The molecule has 0 fully saturated rings. The number of imidazole rings is 1. The lowest BCUT2D eigenvalue weighted by molar-refractivity contribution is 0.415. The summed E-state index contributed by atoms with van der Waals surface area (Å²) in [5, 5.41) is 3.21. The van der Waals surface area contributed by atoms with Crippen molar-refractivity contribution in [3.63, 3.8) is 0 Å². The molecule has 2 rings (SSSR count). The molecule has 16 heavy (non-hydrogen) atoms. The second-order valence-corrected chi connectivity index (χ2v) is 3.27. The number of pyridine rings is 1. The molecule has 5 heteroatoms. The predicted molar refractivity (Wildman–Crippen MR) is 61.6 cm³/mol. The summed E-state index contributed by atoms with van der Waals surface area (Å²) in [5.74, 6) is 2.47. The first-order valence-corrected chi connectivity index (χ1v) is 5.11. The van der Waals surface area contributed by atoms with Gasteiger partial charge < -0.3 is 15.0 Å². The SMILES string of the molecule is COc1cccnc1NCCc1ncc[nH]1. The smallest absolute Gasteiger partial charge is 0.168 e. The first kappa shape index (κ1) is 10.5. The molecule has 0 aromatic carbocycles. The molecule has 0 radical (unpaired) electrons. The highest BCUT2D eigenvalue weighted by Crippen LogP contribution is 2.19. The first-order chi connectivity index (χ1) is 7.90. The Bertz CT molecular complexity index is 427. The second kappa shape index (κ2) is 5.16. The Hall–Kier alpha value is -2.04. The number of ether oxygens (including phenoxy) is 1. The molecule has 0 saturated heterocycles. The van der Waals surface area contributed by atoms with E-state index in [1.807, 2.05) is 18.3 Å². The maximum absolute atomic E-state index is 5.18. The molecule has 0 unspecified atom stereocenters. The van der Waals surface area contributed by atoms with Gasteiger partial charge in [0, 0.05) is 31.6 Å². The van der Waals surface area contributed by atoms with E-state index in [9.17, 15) is 0 Å². The van der Waals surface area contributed by atoms with Gasteiger partial charge in [-0.3, -0.25) is 0 Å². The largest absolute Gasteiger partial charge is 0.493 e. The van der Waals surface area contributed by atoms with Crippen LogP contribution in [0, 0.1) is 0 Å². The molecule has 2 heterocycles. The normalized spacial score (nSPS) is 10.1. The van der Waals surface area contributed by atoms with Crippen LogP contribution < -0.4 is 10.1 Å². The lowest BCUT2D eigenvalue weighted by Crippen LogP contribution is -2.08. The van der Waals surface area contributed by atoms with E-state index in [-0.39, 0.29) is 0 Å². The van der Waals surface area contributed by atoms with Crippen molar-refractivity contribution < 1.29 is 4.74 Å². The fourth-order valence-corrected chi connectivity index (χ4v) is 1.42. The van der Waals surface area contributed by atoms with Crippen molar-refractivity contribution in [2.45, 2.75) is 6.42 Å². The van der Waals surface area contributed by atoms with Crippen LogP contribution in [0.1, 0.15) is 5.82 Å². The average Bonchev–Trinajstić information content (AvgIpc) is 2.83. The van der Waals surface area contributed by atoms with E-state index in [4.69, 9.17) is 4.74 Å². The summed E-state index contributed by atoms with van der Waals surface area (Å²) in [6, 6.07) is 3.72. The van der Waals surface area contributed by atoms with Crippen LogP contribution in [-0.4, -0.2) is 28.6 Å². The molecular weight excluding hydrogens is 204 g/mol. The van der Waals surface area contributed by atoms with Crippen molar-refractivity contribution in [3.8, 4) is 5.75 Å². The molecule has 0 aliphatic heterocycles.